The molecule has 0 spiro atoms. The van der Waals surface area contributed by atoms with Gasteiger partial charge in [0.05, 0.1) is 29.6 Å². The molecule has 5 rings (SSSR count). The molecule has 234 valence electrons. The van der Waals surface area contributed by atoms with E-state index in [-0.39, 0.29) is 35.0 Å². The highest BCUT2D eigenvalue weighted by Crippen LogP contribution is 2.45. The lowest BCUT2D eigenvalue weighted by molar-refractivity contribution is -0.139. The van der Waals surface area contributed by atoms with Crippen LogP contribution in [0.4, 0.5) is 8.78 Å². The molecule has 1 saturated heterocycles. The Labute approximate surface area is 262 Å². The predicted molar refractivity (Wildman–Crippen MR) is 162 cm³/mol. The molecule has 43 heavy (non-hydrogen) atoms. The van der Waals surface area contributed by atoms with Crippen molar-refractivity contribution in [3.05, 3.63) is 21.6 Å². The third-order valence-corrected chi connectivity index (χ3v) is 12.4. The number of rotatable bonds is 12. The lowest BCUT2D eigenvalue weighted by Crippen LogP contribution is -2.43. The van der Waals surface area contributed by atoms with Crippen molar-refractivity contribution in [2.75, 3.05) is 19.9 Å². The van der Waals surface area contributed by atoms with E-state index >= 15 is 0 Å². The van der Waals surface area contributed by atoms with Crippen LogP contribution in [0.5, 0.6) is 0 Å². The molecule has 2 fully saturated rings. The van der Waals surface area contributed by atoms with Crippen molar-refractivity contribution in [2.24, 2.45) is 0 Å². The maximum atomic E-state index is 14.2. The Balaban J connectivity index is 1.57. The normalized spacial score (nSPS) is 19.9. The average Bonchev–Trinajstić information content (AvgIpc) is 3.20. The van der Waals surface area contributed by atoms with Gasteiger partial charge in [-0.05, 0) is 60.8 Å². The van der Waals surface area contributed by atoms with E-state index in [1.807, 2.05) is 0 Å². The van der Waals surface area contributed by atoms with E-state index in [2.05, 4.69) is 56.9 Å². The lowest BCUT2D eigenvalue weighted by atomic mass is 10.2. The van der Waals surface area contributed by atoms with Gasteiger partial charge in [0.15, 0.2) is 15.8 Å². The molecule has 1 atom stereocenters. The van der Waals surface area contributed by atoms with E-state index in [1.165, 1.54) is 12.1 Å². The van der Waals surface area contributed by atoms with Gasteiger partial charge in [-0.15, -0.1) is 10.2 Å². The molecule has 0 bridgehead atoms. The minimum absolute atomic E-state index is 0.0943. The minimum Gasteiger partial charge on any atom is -0.365 e. The van der Waals surface area contributed by atoms with Crippen molar-refractivity contribution >= 4 is 56.3 Å². The number of nitrogens with zero attached hydrogens (tertiary/aromatic N) is 6. The maximum absolute atomic E-state index is 14.2. The second-order valence-corrected chi connectivity index (χ2v) is 21.7. The highest BCUT2D eigenvalue weighted by molar-refractivity contribution is 9.10. The van der Waals surface area contributed by atoms with Crippen molar-refractivity contribution in [2.45, 2.75) is 87.7 Å². The number of alkyl halides is 2. The summed E-state index contributed by atoms with van der Waals surface area (Å²) >= 11 is 4.22. The second kappa shape index (κ2) is 11.8. The van der Waals surface area contributed by atoms with E-state index in [4.69, 9.17) is 14.2 Å². The lowest BCUT2D eigenvalue weighted by Gasteiger charge is -2.27. The van der Waals surface area contributed by atoms with Crippen LogP contribution >= 0.6 is 27.3 Å². The van der Waals surface area contributed by atoms with E-state index in [0.29, 0.717) is 52.8 Å². The highest BCUT2D eigenvalue weighted by atomic mass is 79.9. The molecule has 0 radical (unpaired) electrons. The standard InChI is InChI=1S/C26H33BrF2N6O5S2Si/c1-25(2)39-13-16(40-25)12-34-21-18(20(33-34)23-31-32-24(41-23)22(28)29)10-17(11-19(21)27)42(36,37)35(26(14-30)6-7-26)15-38-8-9-43(3,4)5/h10-11,16,22H,6-9,12-13,15H2,1-5H3/t16-/m1/s1. The topological polar surface area (TPSA) is 132 Å². The van der Waals surface area contributed by atoms with Crippen molar-refractivity contribution in [1.29, 1.82) is 5.26 Å². The number of hydrogen-bond donors (Lipinski definition) is 0. The molecule has 1 aliphatic carbocycles. The highest BCUT2D eigenvalue weighted by Gasteiger charge is 2.54. The van der Waals surface area contributed by atoms with E-state index in [9.17, 15) is 22.5 Å². The number of ether oxygens (including phenoxy) is 3. The van der Waals surface area contributed by atoms with Crippen LogP contribution in [0, 0.1) is 11.3 Å². The fourth-order valence-electron chi connectivity index (χ4n) is 4.76. The first kappa shape index (κ1) is 32.5. The number of hydrogen-bond acceptors (Lipinski definition) is 10. The Morgan fingerprint density at radius 3 is 2.58 bits per heavy atom. The molecule has 11 nitrogen and oxygen atoms in total. The number of nitriles is 1. The number of fused-ring (bicyclic) bond motifs is 1. The first-order valence-electron chi connectivity index (χ1n) is 13.7. The number of halogens is 3. The van der Waals surface area contributed by atoms with Crippen LogP contribution in [0.25, 0.3) is 21.6 Å². The Morgan fingerprint density at radius 1 is 1.30 bits per heavy atom. The molecule has 1 aliphatic heterocycles. The molecule has 0 N–H and O–H groups in total. The molecular weight excluding hydrogens is 686 g/mol. The first-order valence-corrected chi connectivity index (χ1v) is 20.5. The van der Waals surface area contributed by atoms with Crippen LogP contribution in [-0.4, -0.2) is 78.1 Å². The summed E-state index contributed by atoms with van der Waals surface area (Å²) in [6.45, 7) is 10.9. The van der Waals surface area contributed by atoms with E-state index in [1.54, 1.807) is 18.5 Å². The van der Waals surface area contributed by atoms with Crippen LogP contribution in [0.15, 0.2) is 21.5 Å². The van der Waals surface area contributed by atoms with Gasteiger partial charge in [0.1, 0.15) is 24.1 Å². The van der Waals surface area contributed by atoms with E-state index < -0.39 is 40.9 Å². The van der Waals surface area contributed by atoms with Crippen LogP contribution in [0.2, 0.25) is 25.7 Å². The van der Waals surface area contributed by atoms with Gasteiger partial charge in [-0.3, -0.25) is 4.68 Å². The fourth-order valence-corrected chi connectivity index (χ4v) is 8.71. The molecule has 3 aromatic rings. The quantitative estimate of drug-likeness (QED) is 0.130. The molecule has 1 saturated carbocycles. The fraction of sp³-hybridized carbons (Fsp3) is 0.615. The summed E-state index contributed by atoms with van der Waals surface area (Å²) in [7, 11) is -5.67. The molecule has 3 heterocycles. The van der Waals surface area contributed by atoms with Crippen LogP contribution in [0.1, 0.15) is 38.1 Å². The van der Waals surface area contributed by atoms with Crippen molar-refractivity contribution in [1.82, 2.24) is 24.3 Å². The number of sulfonamides is 1. The summed E-state index contributed by atoms with van der Waals surface area (Å²) in [4.78, 5) is -0.0943. The molecule has 2 aromatic heterocycles. The minimum atomic E-state index is -4.24. The molecule has 0 unspecified atom stereocenters. The Morgan fingerprint density at radius 2 is 2.02 bits per heavy atom. The van der Waals surface area contributed by atoms with Gasteiger partial charge >= 0.3 is 0 Å². The van der Waals surface area contributed by atoms with Crippen molar-refractivity contribution in [3.63, 3.8) is 0 Å². The van der Waals surface area contributed by atoms with Gasteiger partial charge in [0.2, 0.25) is 10.0 Å². The smallest absolute Gasteiger partial charge is 0.291 e. The van der Waals surface area contributed by atoms with Gasteiger partial charge in [-0.25, -0.2) is 17.2 Å². The predicted octanol–water partition coefficient (Wildman–Crippen LogP) is 5.77. The van der Waals surface area contributed by atoms with Crippen LogP contribution < -0.4 is 0 Å². The van der Waals surface area contributed by atoms with Gasteiger partial charge in [0, 0.05) is 24.5 Å². The zero-order valence-electron chi connectivity index (χ0n) is 24.4. The Hall–Kier alpha value is -1.91. The Bertz CT molecular complexity index is 1670. The van der Waals surface area contributed by atoms with Gasteiger partial charge in [-0.1, -0.05) is 31.0 Å². The number of aromatic nitrogens is 4. The zero-order chi connectivity index (χ0) is 31.4. The third kappa shape index (κ3) is 6.86. The van der Waals surface area contributed by atoms with E-state index in [0.717, 1.165) is 10.3 Å². The van der Waals surface area contributed by atoms with Crippen LogP contribution in [0.3, 0.4) is 0 Å². The zero-order valence-corrected chi connectivity index (χ0v) is 28.7. The van der Waals surface area contributed by atoms with Gasteiger partial charge < -0.3 is 14.2 Å². The molecular formula is C26H33BrF2N6O5S2Si. The summed E-state index contributed by atoms with van der Waals surface area (Å²) in [5.74, 6) is -0.777. The maximum Gasteiger partial charge on any atom is 0.291 e. The summed E-state index contributed by atoms with van der Waals surface area (Å²) in [6.07, 6.45) is -2.38. The molecule has 1 aromatic carbocycles. The largest absolute Gasteiger partial charge is 0.365 e. The van der Waals surface area contributed by atoms with Crippen molar-refractivity contribution in [3.8, 4) is 16.8 Å². The second-order valence-electron chi connectivity index (χ2n) is 12.4. The first-order chi connectivity index (χ1) is 20.1. The summed E-state index contributed by atoms with van der Waals surface area (Å²) in [5, 5.41) is 22.2. The molecule has 2 aliphatic rings. The molecule has 0 amide bonds. The van der Waals surface area contributed by atoms with Gasteiger partial charge in [-0.2, -0.15) is 14.7 Å². The summed E-state index contributed by atoms with van der Waals surface area (Å²) in [5.41, 5.74) is -0.463. The van der Waals surface area contributed by atoms with Crippen LogP contribution in [-0.2, 0) is 30.8 Å². The SMILES string of the molecule is CC1(C)OC[C@@H](Cn2nc(-c3nnc(C(F)F)s3)c3cc(S(=O)(=O)N(COCC[Si](C)(C)C)C4(C#N)CC4)cc(Br)c32)O1. The summed E-state index contributed by atoms with van der Waals surface area (Å²) in [6, 6.07) is 5.92. The molecule has 17 heteroatoms. The monoisotopic (exact) mass is 718 g/mol. The van der Waals surface area contributed by atoms with Gasteiger partial charge in [0.25, 0.3) is 6.43 Å². The summed E-state index contributed by atoms with van der Waals surface area (Å²) < 4.78 is 75.7. The average molecular weight is 720 g/mol. The third-order valence-electron chi connectivity index (χ3n) is 7.25. The Kier molecular flexibility index (Phi) is 8.90. The number of benzene rings is 1. The van der Waals surface area contributed by atoms with Crippen molar-refractivity contribution < 1.29 is 31.4 Å².